The highest BCUT2D eigenvalue weighted by molar-refractivity contribution is 5.77. The summed E-state index contributed by atoms with van der Waals surface area (Å²) in [6.45, 7) is 6.59. The number of ether oxygens (including phenoxy) is 1. The molecule has 1 aliphatic rings. The van der Waals surface area contributed by atoms with Gasteiger partial charge in [0.15, 0.2) is 11.2 Å². The summed E-state index contributed by atoms with van der Waals surface area (Å²) < 4.78 is 10.4. The standard InChI is InChI=1S/C23H31N5O3/c1-4-6-7-8-9-14-28-21(29)19-20(25(3)23(28)30)24-22-26(15-16-27(19)22)17-10-12-18(13-11-17)31-5-2/h10-13H,4-9,14-16H2,1-3H3. The lowest BCUT2D eigenvalue weighted by atomic mass is 10.1. The largest absolute Gasteiger partial charge is 0.494 e. The van der Waals surface area contributed by atoms with Crippen LogP contribution < -0.4 is 20.9 Å². The third-order valence-electron chi connectivity index (χ3n) is 5.95. The third kappa shape index (κ3) is 3.86. The number of imidazole rings is 1. The molecular formula is C23H31N5O3. The van der Waals surface area contributed by atoms with Crippen LogP contribution in [0.1, 0.15) is 46.0 Å². The van der Waals surface area contributed by atoms with Crippen molar-refractivity contribution in [2.24, 2.45) is 7.05 Å². The van der Waals surface area contributed by atoms with Gasteiger partial charge in [0, 0.05) is 32.4 Å². The maximum Gasteiger partial charge on any atom is 0.332 e. The number of unbranched alkanes of at least 4 members (excludes halogenated alkanes) is 4. The zero-order valence-electron chi connectivity index (χ0n) is 18.6. The summed E-state index contributed by atoms with van der Waals surface area (Å²) in [4.78, 5) is 32.9. The first-order valence-corrected chi connectivity index (χ1v) is 11.3. The molecular weight excluding hydrogens is 394 g/mol. The van der Waals surface area contributed by atoms with Gasteiger partial charge < -0.3 is 14.2 Å². The van der Waals surface area contributed by atoms with Crippen molar-refractivity contribution in [2.45, 2.75) is 59.0 Å². The van der Waals surface area contributed by atoms with Crippen molar-refractivity contribution < 1.29 is 4.74 Å². The summed E-state index contributed by atoms with van der Waals surface area (Å²) in [6, 6.07) is 7.86. The van der Waals surface area contributed by atoms with Crippen LogP contribution in [0.2, 0.25) is 0 Å². The first kappa shape index (κ1) is 21.2. The summed E-state index contributed by atoms with van der Waals surface area (Å²) in [5.74, 6) is 1.52. The van der Waals surface area contributed by atoms with Crippen molar-refractivity contribution in [2.75, 3.05) is 18.1 Å². The number of aryl methyl sites for hydroxylation is 1. The van der Waals surface area contributed by atoms with Gasteiger partial charge in [-0.3, -0.25) is 13.9 Å². The van der Waals surface area contributed by atoms with E-state index in [1.54, 1.807) is 7.05 Å². The zero-order valence-corrected chi connectivity index (χ0v) is 18.6. The van der Waals surface area contributed by atoms with Crippen LogP contribution in [0.5, 0.6) is 5.75 Å². The predicted molar refractivity (Wildman–Crippen MR) is 123 cm³/mol. The van der Waals surface area contributed by atoms with Gasteiger partial charge in [-0.1, -0.05) is 32.6 Å². The second kappa shape index (κ2) is 8.99. The number of anilines is 2. The number of nitrogens with zero attached hydrogens (tertiary/aromatic N) is 5. The topological polar surface area (TPSA) is 74.3 Å². The smallest absolute Gasteiger partial charge is 0.332 e. The van der Waals surface area contributed by atoms with Gasteiger partial charge in [-0.15, -0.1) is 0 Å². The van der Waals surface area contributed by atoms with Crippen molar-refractivity contribution in [1.29, 1.82) is 0 Å². The van der Waals surface area contributed by atoms with E-state index in [9.17, 15) is 9.59 Å². The molecule has 8 nitrogen and oxygen atoms in total. The van der Waals surface area contributed by atoms with E-state index in [4.69, 9.17) is 9.72 Å². The van der Waals surface area contributed by atoms with Gasteiger partial charge in [-0.05, 0) is 37.6 Å². The third-order valence-corrected chi connectivity index (χ3v) is 5.95. The monoisotopic (exact) mass is 425 g/mol. The molecule has 1 aromatic carbocycles. The second-order valence-corrected chi connectivity index (χ2v) is 8.03. The van der Waals surface area contributed by atoms with Gasteiger partial charge in [0.2, 0.25) is 5.95 Å². The average molecular weight is 426 g/mol. The van der Waals surface area contributed by atoms with Crippen LogP contribution in [0.25, 0.3) is 11.2 Å². The van der Waals surface area contributed by atoms with Crippen LogP contribution in [-0.4, -0.2) is 31.8 Å². The zero-order chi connectivity index (χ0) is 22.0. The minimum atomic E-state index is -0.294. The summed E-state index contributed by atoms with van der Waals surface area (Å²) in [5.41, 5.74) is 1.42. The maximum atomic E-state index is 13.3. The Bertz CT molecular complexity index is 1170. The van der Waals surface area contributed by atoms with Crippen LogP contribution in [0, 0.1) is 0 Å². The maximum absolute atomic E-state index is 13.3. The van der Waals surface area contributed by atoms with Crippen LogP contribution in [0.15, 0.2) is 33.9 Å². The van der Waals surface area contributed by atoms with Crippen molar-refractivity contribution in [1.82, 2.24) is 18.7 Å². The highest BCUT2D eigenvalue weighted by Gasteiger charge is 2.28. The van der Waals surface area contributed by atoms with Crippen molar-refractivity contribution in [3.8, 4) is 5.75 Å². The summed E-state index contributed by atoms with van der Waals surface area (Å²) in [5, 5.41) is 0. The minimum Gasteiger partial charge on any atom is -0.494 e. The lowest BCUT2D eigenvalue weighted by Crippen LogP contribution is -2.39. The normalized spacial score (nSPS) is 13.2. The van der Waals surface area contributed by atoms with E-state index in [2.05, 4.69) is 11.8 Å². The molecule has 0 amide bonds. The molecule has 0 unspecified atom stereocenters. The molecule has 3 aromatic rings. The number of fused-ring (bicyclic) bond motifs is 3. The van der Waals surface area contributed by atoms with Crippen LogP contribution in [-0.2, 0) is 20.1 Å². The Morgan fingerprint density at radius 1 is 1.00 bits per heavy atom. The molecule has 31 heavy (non-hydrogen) atoms. The van der Waals surface area contributed by atoms with Crippen LogP contribution >= 0.6 is 0 Å². The molecule has 0 atom stereocenters. The Balaban J connectivity index is 1.68. The van der Waals surface area contributed by atoms with Crippen molar-refractivity contribution in [3.05, 3.63) is 45.1 Å². The highest BCUT2D eigenvalue weighted by Crippen LogP contribution is 2.32. The van der Waals surface area contributed by atoms with E-state index in [1.807, 2.05) is 35.8 Å². The Hall–Kier alpha value is -3.03. The number of hydrogen-bond acceptors (Lipinski definition) is 5. The van der Waals surface area contributed by atoms with Gasteiger partial charge in [-0.2, -0.15) is 4.98 Å². The number of benzene rings is 1. The van der Waals surface area contributed by atoms with E-state index in [1.165, 1.54) is 22.0 Å². The van der Waals surface area contributed by atoms with Gasteiger partial charge in [0.25, 0.3) is 5.56 Å². The molecule has 8 heteroatoms. The highest BCUT2D eigenvalue weighted by atomic mass is 16.5. The summed E-state index contributed by atoms with van der Waals surface area (Å²) in [6.07, 6.45) is 5.34. The van der Waals surface area contributed by atoms with E-state index in [-0.39, 0.29) is 11.2 Å². The molecule has 0 fully saturated rings. The molecule has 2 aromatic heterocycles. The molecule has 166 valence electrons. The van der Waals surface area contributed by atoms with E-state index >= 15 is 0 Å². The molecule has 0 spiro atoms. The van der Waals surface area contributed by atoms with Gasteiger partial charge in [0.05, 0.1) is 6.61 Å². The summed E-state index contributed by atoms with van der Waals surface area (Å²) >= 11 is 0. The predicted octanol–water partition coefficient (Wildman–Crippen LogP) is 3.42. The minimum absolute atomic E-state index is 0.235. The first-order valence-electron chi connectivity index (χ1n) is 11.3. The fourth-order valence-corrected chi connectivity index (χ4v) is 4.28. The van der Waals surface area contributed by atoms with Crippen molar-refractivity contribution in [3.63, 3.8) is 0 Å². The Morgan fingerprint density at radius 3 is 2.45 bits per heavy atom. The SMILES string of the molecule is CCCCCCCn1c(=O)c2c(nc3n2CCN3c2ccc(OCC)cc2)n(C)c1=O. The Kier molecular flexibility index (Phi) is 6.15. The van der Waals surface area contributed by atoms with E-state index in [0.717, 1.165) is 37.2 Å². The fraction of sp³-hybridized carbons (Fsp3) is 0.522. The number of hydrogen-bond donors (Lipinski definition) is 0. The quantitative estimate of drug-likeness (QED) is 0.491. The molecule has 0 bridgehead atoms. The van der Waals surface area contributed by atoms with Crippen LogP contribution in [0.4, 0.5) is 11.6 Å². The second-order valence-electron chi connectivity index (χ2n) is 8.03. The Morgan fingerprint density at radius 2 is 1.74 bits per heavy atom. The van der Waals surface area contributed by atoms with Gasteiger partial charge >= 0.3 is 5.69 Å². The molecule has 3 heterocycles. The molecule has 0 saturated heterocycles. The number of rotatable bonds is 9. The fourth-order valence-electron chi connectivity index (χ4n) is 4.28. The molecule has 0 radical (unpaired) electrons. The van der Waals surface area contributed by atoms with E-state index in [0.29, 0.717) is 36.8 Å². The van der Waals surface area contributed by atoms with Crippen molar-refractivity contribution >= 4 is 22.8 Å². The Labute approximate surface area is 181 Å². The van der Waals surface area contributed by atoms with Gasteiger partial charge in [-0.25, -0.2) is 4.79 Å². The first-order chi connectivity index (χ1) is 15.1. The molecule has 0 saturated carbocycles. The van der Waals surface area contributed by atoms with Gasteiger partial charge in [0.1, 0.15) is 5.75 Å². The lowest BCUT2D eigenvalue weighted by Gasteiger charge is -2.16. The number of aromatic nitrogens is 4. The van der Waals surface area contributed by atoms with E-state index < -0.39 is 0 Å². The lowest BCUT2D eigenvalue weighted by molar-refractivity contribution is 0.340. The molecule has 4 rings (SSSR count). The summed E-state index contributed by atoms with van der Waals surface area (Å²) in [7, 11) is 1.70. The average Bonchev–Trinajstić information content (AvgIpc) is 3.34. The molecule has 0 aliphatic carbocycles. The molecule has 0 N–H and O–H groups in total. The van der Waals surface area contributed by atoms with Crippen LogP contribution in [0.3, 0.4) is 0 Å². The molecule has 1 aliphatic heterocycles.